The van der Waals surface area contributed by atoms with Gasteiger partial charge in [-0.05, 0) is 6.42 Å². The SMILES string of the molecule is C=CCCc1nc2c(=O)[nH]c(N)nc2s1. The number of hydrogen-bond donors (Lipinski definition) is 2. The van der Waals surface area contributed by atoms with Gasteiger partial charge in [0.2, 0.25) is 5.95 Å². The van der Waals surface area contributed by atoms with Gasteiger partial charge in [0.05, 0.1) is 5.01 Å². The van der Waals surface area contributed by atoms with Crippen molar-refractivity contribution >= 4 is 27.6 Å². The van der Waals surface area contributed by atoms with Gasteiger partial charge in [-0.2, -0.15) is 0 Å². The lowest BCUT2D eigenvalue weighted by Gasteiger charge is -1.88. The molecule has 5 nitrogen and oxygen atoms in total. The number of anilines is 1. The summed E-state index contributed by atoms with van der Waals surface area (Å²) in [6, 6.07) is 0. The fourth-order valence-corrected chi connectivity index (χ4v) is 2.18. The second kappa shape index (κ2) is 3.82. The van der Waals surface area contributed by atoms with Crippen molar-refractivity contribution < 1.29 is 0 Å². The van der Waals surface area contributed by atoms with Crippen molar-refractivity contribution in [1.29, 1.82) is 0 Å². The summed E-state index contributed by atoms with van der Waals surface area (Å²) in [5, 5.41) is 0.883. The highest BCUT2D eigenvalue weighted by atomic mass is 32.1. The second-order valence-corrected chi connectivity index (χ2v) is 4.10. The molecule has 0 unspecified atom stereocenters. The Morgan fingerprint density at radius 1 is 1.53 bits per heavy atom. The van der Waals surface area contributed by atoms with Crippen LogP contribution in [0, 0.1) is 0 Å². The topological polar surface area (TPSA) is 84.7 Å². The summed E-state index contributed by atoms with van der Waals surface area (Å²) in [6.45, 7) is 3.63. The van der Waals surface area contributed by atoms with Crippen LogP contribution in [0.3, 0.4) is 0 Å². The predicted octanol–water partition coefficient (Wildman–Crippen LogP) is 1.08. The molecule has 0 fully saturated rings. The molecule has 3 N–H and O–H groups in total. The summed E-state index contributed by atoms with van der Waals surface area (Å²) in [5.74, 6) is 0.131. The second-order valence-electron chi connectivity index (χ2n) is 3.04. The molecule has 0 aromatic carbocycles. The van der Waals surface area contributed by atoms with E-state index >= 15 is 0 Å². The maximum absolute atomic E-state index is 11.4. The molecule has 0 aliphatic rings. The molecular weight excluding hydrogens is 212 g/mol. The largest absolute Gasteiger partial charge is 0.369 e. The first-order chi connectivity index (χ1) is 7.20. The number of aromatic amines is 1. The highest BCUT2D eigenvalue weighted by Crippen LogP contribution is 2.18. The fourth-order valence-electron chi connectivity index (χ4n) is 1.22. The van der Waals surface area contributed by atoms with Crippen molar-refractivity contribution in [3.63, 3.8) is 0 Å². The molecule has 0 saturated heterocycles. The van der Waals surface area contributed by atoms with Crippen molar-refractivity contribution in [3.05, 3.63) is 28.0 Å². The highest BCUT2D eigenvalue weighted by Gasteiger charge is 2.08. The summed E-state index contributed by atoms with van der Waals surface area (Å²) in [5.41, 5.74) is 5.52. The Morgan fingerprint density at radius 3 is 3.07 bits per heavy atom. The van der Waals surface area contributed by atoms with E-state index in [-0.39, 0.29) is 11.5 Å². The van der Waals surface area contributed by atoms with Gasteiger partial charge in [-0.1, -0.05) is 17.4 Å². The molecule has 0 spiro atoms. The number of aromatic nitrogens is 3. The Labute approximate surface area is 89.7 Å². The van der Waals surface area contributed by atoms with Gasteiger partial charge in [0.1, 0.15) is 0 Å². The molecule has 2 aromatic rings. The monoisotopic (exact) mass is 222 g/mol. The van der Waals surface area contributed by atoms with E-state index in [1.54, 1.807) is 0 Å². The van der Waals surface area contributed by atoms with Gasteiger partial charge < -0.3 is 5.73 Å². The van der Waals surface area contributed by atoms with Crippen LogP contribution in [0.15, 0.2) is 17.4 Å². The zero-order valence-corrected chi connectivity index (χ0v) is 8.80. The molecule has 0 aliphatic heterocycles. The summed E-state index contributed by atoms with van der Waals surface area (Å²) < 4.78 is 0. The van der Waals surface area contributed by atoms with Crippen LogP contribution in [-0.4, -0.2) is 15.0 Å². The van der Waals surface area contributed by atoms with Crippen LogP contribution in [-0.2, 0) is 6.42 Å². The first-order valence-electron chi connectivity index (χ1n) is 4.47. The number of nitrogens with zero attached hydrogens (tertiary/aromatic N) is 2. The summed E-state index contributed by atoms with van der Waals surface area (Å²) in [7, 11) is 0. The van der Waals surface area contributed by atoms with E-state index < -0.39 is 0 Å². The molecular formula is C9H10N4OS. The van der Waals surface area contributed by atoms with Crippen molar-refractivity contribution in [1.82, 2.24) is 15.0 Å². The Morgan fingerprint density at radius 2 is 2.33 bits per heavy atom. The lowest BCUT2D eigenvalue weighted by atomic mass is 10.3. The smallest absolute Gasteiger partial charge is 0.279 e. The number of allylic oxidation sites excluding steroid dienone is 1. The highest BCUT2D eigenvalue weighted by molar-refractivity contribution is 7.18. The Hall–Kier alpha value is -1.69. The van der Waals surface area contributed by atoms with Gasteiger partial charge in [0.15, 0.2) is 10.3 Å². The third kappa shape index (κ3) is 1.89. The average molecular weight is 222 g/mol. The van der Waals surface area contributed by atoms with E-state index in [9.17, 15) is 4.79 Å². The van der Waals surface area contributed by atoms with Crippen molar-refractivity contribution in [2.24, 2.45) is 0 Å². The number of nitrogens with two attached hydrogens (primary N) is 1. The third-order valence-corrected chi connectivity index (χ3v) is 2.90. The number of rotatable bonds is 3. The lowest BCUT2D eigenvalue weighted by Crippen LogP contribution is -2.10. The van der Waals surface area contributed by atoms with Crippen LogP contribution < -0.4 is 11.3 Å². The molecule has 0 aliphatic carbocycles. The number of nitrogen functional groups attached to an aromatic ring is 1. The van der Waals surface area contributed by atoms with Gasteiger partial charge in [-0.25, -0.2) is 9.97 Å². The van der Waals surface area contributed by atoms with Crippen molar-refractivity contribution in [2.45, 2.75) is 12.8 Å². The van der Waals surface area contributed by atoms with E-state index in [0.717, 1.165) is 17.8 Å². The standard InChI is InChI=1S/C9H10N4OS/c1-2-3-4-5-11-6-7(14)12-9(10)13-8(6)15-5/h2H,1,3-4H2,(H3,10,12,13,14). The molecule has 0 bridgehead atoms. The zero-order valence-electron chi connectivity index (χ0n) is 7.99. The summed E-state index contributed by atoms with van der Waals surface area (Å²) >= 11 is 1.40. The minimum atomic E-state index is -0.279. The van der Waals surface area contributed by atoms with E-state index in [4.69, 9.17) is 5.73 Å². The molecule has 2 aromatic heterocycles. The molecule has 0 atom stereocenters. The van der Waals surface area contributed by atoms with Gasteiger partial charge in [-0.15, -0.1) is 6.58 Å². The number of hydrogen-bond acceptors (Lipinski definition) is 5. The van der Waals surface area contributed by atoms with Crippen molar-refractivity contribution in [3.8, 4) is 0 Å². The van der Waals surface area contributed by atoms with Gasteiger partial charge >= 0.3 is 0 Å². The Balaban J connectivity index is 2.50. The molecule has 6 heteroatoms. The van der Waals surface area contributed by atoms with Gasteiger partial charge in [0, 0.05) is 6.42 Å². The van der Waals surface area contributed by atoms with Crippen LogP contribution in [0.25, 0.3) is 10.3 Å². The van der Waals surface area contributed by atoms with E-state index in [0.29, 0.717) is 10.3 Å². The third-order valence-electron chi connectivity index (χ3n) is 1.89. The molecule has 0 amide bonds. The normalized spacial score (nSPS) is 10.7. The van der Waals surface area contributed by atoms with E-state index in [1.807, 2.05) is 6.08 Å². The summed E-state index contributed by atoms with van der Waals surface area (Å²) in [4.78, 5) is 22.7. The van der Waals surface area contributed by atoms with E-state index in [1.165, 1.54) is 11.3 Å². The van der Waals surface area contributed by atoms with Crippen LogP contribution >= 0.6 is 11.3 Å². The molecule has 78 valence electrons. The molecule has 0 saturated carbocycles. The number of thiazole rings is 1. The molecule has 15 heavy (non-hydrogen) atoms. The van der Waals surface area contributed by atoms with Gasteiger partial charge in [0.25, 0.3) is 5.56 Å². The first-order valence-corrected chi connectivity index (χ1v) is 5.28. The minimum absolute atomic E-state index is 0.131. The average Bonchev–Trinajstić information content (AvgIpc) is 2.57. The number of H-pyrrole nitrogens is 1. The Bertz CT molecular complexity index is 557. The van der Waals surface area contributed by atoms with Crippen LogP contribution in [0.4, 0.5) is 5.95 Å². The minimum Gasteiger partial charge on any atom is -0.369 e. The quantitative estimate of drug-likeness (QED) is 0.761. The fraction of sp³-hybridized carbons (Fsp3) is 0.222. The number of fused-ring (bicyclic) bond motifs is 1. The predicted molar refractivity (Wildman–Crippen MR) is 61.0 cm³/mol. The lowest BCUT2D eigenvalue weighted by molar-refractivity contribution is 0.987. The van der Waals surface area contributed by atoms with E-state index in [2.05, 4.69) is 21.5 Å². The van der Waals surface area contributed by atoms with Crippen molar-refractivity contribution in [2.75, 3.05) is 5.73 Å². The molecule has 2 rings (SSSR count). The maximum Gasteiger partial charge on any atom is 0.279 e. The Kier molecular flexibility index (Phi) is 2.51. The summed E-state index contributed by atoms with van der Waals surface area (Å²) in [6.07, 6.45) is 3.44. The molecule has 0 radical (unpaired) electrons. The number of aryl methyl sites for hydroxylation is 1. The maximum atomic E-state index is 11.4. The van der Waals surface area contributed by atoms with Gasteiger partial charge in [-0.3, -0.25) is 9.78 Å². The zero-order chi connectivity index (χ0) is 10.8. The molecule has 2 heterocycles. The van der Waals surface area contributed by atoms with Crippen LogP contribution in [0.1, 0.15) is 11.4 Å². The van der Waals surface area contributed by atoms with Crippen LogP contribution in [0.2, 0.25) is 0 Å². The van der Waals surface area contributed by atoms with Crippen LogP contribution in [0.5, 0.6) is 0 Å². The first kappa shape index (κ1) is 9.85. The number of nitrogens with one attached hydrogen (secondary N) is 1.